The maximum absolute atomic E-state index is 13.4. The Morgan fingerprint density at radius 1 is 1.06 bits per heavy atom. The lowest BCUT2D eigenvalue weighted by atomic mass is 10.1. The van der Waals surface area contributed by atoms with Crippen molar-refractivity contribution >= 4 is 27.5 Å². The van der Waals surface area contributed by atoms with Crippen LogP contribution in [0.25, 0.3) is 22.2 Å². The van der Waals surface area contributed by atoms with E-state index in [2.05, 4.69) is 4.74 Å². The van der Waals surface area contributed by atoms with Crippen molar-refractivity contribution < 1.29 is 27.5 Å². The predicted molar refractivity (Wildman–Crippen MR) is 135 cm³/mol. The van der Waals surface area contributed by atoms with E-state index in [1.54, 1.807) is 48.7 Å². The Morgan fingerprint density at radius 2 is 1.77 bits per heavy atom. The number of furan rings is 1. The summed E-state index contributed by atoms with van der Waals surface area (Å²) in [6.07, 6.45) is 1.60. The van der Waals surface area contributed by atoms with Gasteiger partial charge in [-0.1, -0.05) is 30.3 Å². The van der Waals surface area contributed by atoms with Crippen molar-refractivity contribution in [3.63, 3.8) is 0 Å². The molecule has 186 valence electrons. The number of nitrogens with zero attached hydrogens (tertiary/aromatic N) is 2. The van der Waals surface area contributed by atoms with Crippen LogP contribution in [0.1, 0.15) is 26.3 Å². The Hall–Kier alpha value is -3.56. The lowest BCUT2D eigenvalue weighted by molar-refractivity contribution is -0.138. The van der Waals surface area contributed by atoms with E-state index < -0.39 is 10.0 Å². The molecule has 1 N–H and O–H groups in total. The maximum Gasteiger partial charge on any atom is 0.301 e. The van der Waals surface area contributed by atoms with Gasteiger partial charge in [0.05, 0.1) is 5.69 Å². The molecule has 2 aromatic heterocycles. The van der Waals surface area contributed by atoms with Crippen molar-refractivity contribution in [2.45, 2.75) is 38.0 Å². The molecular formula is C26H30N2O6S. The highest BCUT2D eigenvalue weighted by atomic mass is 32.2. The van der Waals surface area contributed by atoms with Crippen LogP contribution in [0.15, 0.2) is 76.4 Å². The first-order chi connectivity index (χ1) is 16.4. The molecule has 0 radical (unpaired) electrons. The van der Waals surface area contributed by atoms with Crippen LogP contribution >= 0.6 is 0 Å². The number of fused-ring (bicyclic) bond motifs is 1. The van der Waals surface area contributed by atoms with E-state index in [4.69, 9.17) is 4.42 Å². The molecule has 9 heteroatoms. The third-order valence-corrected chi connectivity index (χ3v) is 6.33. The molecule has 0 saturated heterocycles. The second kappa shape index (κ2) is 10.4. The zero-order chi connectivity index (χ0) is 25.8. The summed E-state index contributed by atoms with van der Waals surface area (Å²) in [5.74, 6) is 0.0699. The fourth-order valence-electron chi connectivity index (χ4n) is 3.35. The van der Waals surface area contributed by atoms with Gasteiger partial charge in [0.2, 0.25) is 5.09 Å². The van der Waals surface area contributed by atoms with E-state index in [0.29, 0.717) is 29.9 Å². The average molecular weight is 499 g/mol. The van der Waals surface area contributed by atoms with Crippen LogP contribution in [-0.4, -0.2) is 48.6 Å². The Morgan fingerprint density at radius 3 is 2.34 bits per heavy atom. The van der Waals surface area contributed by atoms with Crippen molar-refractivity contribution in [2.75, 3.05) is 14.1 Å². The molecule has 0 aliphatic heterocycles. The van der Waals surface area contributed by atoms with E-state index in [0.717, 1.165) is 10.9 Å². The number of carbonyl (C=O) groups excluding carboxylic acids is 1. The molecule has 4 rings (SSSR count). The first-order valence-corrected chi connectivity index (χ1v) is 12.4. The number of aromatic nitrogens is 1. The molecule has 0 aliphatic rings. The van der Waals surface area contributed by atoms with Crippen molar-refractivity contribution in [3.05, 3.63) is 72.4 Å². The van der Waals surface area contributed by atoms with Gasteiger partial charge in [-0.25, -0.2) is 3.97 Å². The minimum absolute atomic E-state index is 0.0699. The fraction of sp³-hybridized carbons (Fsp3) is 0.269. The predicted octanol–water partition coefficient (Wildman–Crippen LogP) is 4.86. The van der Waals surface area contributed by atoms with Crippen LogP contribution in [0.4, 0.5) is 0 Å². The highest BCUT2D eigenvalue weighted by Crippen LogP contribution is 2.31. The van der Waals surface area contributed by atoms with Gasteiger partial charge in [-0.15, -0.1) is 0 Å². The number of phenols is 1. The lowest BCUT2D eigenvalue weighted by Gasteiger charge is -2.14. The summed E-state index contributed by atoms with van der Waals surface area (Å²) in [6, 6.07) is 17.0. The van der Waals surface area contributed by atoms with E-state index in [1.165, 1.54) is 10.0 Å². The normalized spacial score (nSPS) is 11.8. The summed E-state index contributed by atoms with van der Waals surface area (Å²) in [6.45, 7) is 6.50. The van der Waals surface area contributed by atoms with Gasteiger partial charge in [0.25, 0.3) is 6.47 Å². The first kappa shape index (κ1) is 26.1. The number of carbonyl (C=O) groups is 1. The molecule has 2 aromatic carbocycles. The standard InChI is InChI=1S/C21H20N2O4S.C5H10O2/c1-22(2)13-15-10-19(16-7-5-8-18(24)11-16)23(14-15)28(25,26)21-12-17-6-3-4-9-20(17)27-21;1-5(2,3)7-4-6/h3-12,14,24H,13H2,1-2H3;4H,1-3H3. The Labute approximate surface area is 205 Å². The van der Waals surface area contributed by atoms with Crippen LogP contribution in [0.5, 0.6) is 5.75 Å². The second-order valence-electron chi connectivity index (χ2n) is 9.25. The molecule has 0 fully saturated rings. The summed E-state index contributed by atoms with van der Waals surface area (Å²) in [4.78, 5) is 11.6. The highest BCUT2D eigenvalue weighted by Gasteiger charge is 2.26. The van der Waals surface area contributed by atoms with Crippen molar-refractivity contribution in [1.82, 2.24) is 8.87 Å². The molecule has 0 spiro atoms. The van der Waals surface area contributed by atoms with Gasteiger partial charge < -0.3 is 19.2 Å². The third kappa shape index (κ3) is 6.52. The number of aromatic hydroxyl groups is 1. The van der Waals surface area contributed by atoms with Crippen LogP contribution in [-0.2, 0) is 26.1 Å². The number of hydrogen-bond donors (Lipinski definition) is 1. The quantitative estimate of drug-likeness (QED) is 0.379. The topological polar surface area (TPSA) is 102 Å². The second-order valence-corrected chi connectivity index (χ2v) is 11.0. The molecule has 0 atom stereocenters. The van der Waals surface area contributed by atoms with E-state index >= 15 is 0 Å². The Balaban J connectivity index is 0.000000429. The first-order valence-electron chi connectivity index (χ1n) is 10.9. The zero-order valence-corrected chi connectivity index (χ0v) is 21.2. The summed E-state index contributed by atoms with van der Waals surface area (Å²) in [5.41, 5.74) is 2.10. The maximum atomic E-state index is 13.4. The van der Waals surface area contributed by atoms with E-state index in [-0.39, 0.29) is 16.4 Å². The highest BCUT2D eigenvalue weighted by molar-refractivity contribution is 7.89. The van der Waals surface area contributed by atoms with Crippen molar-refractivity contribution in [2.24, 2.45) is 0 Å². The van der Waals surface area contributed by atoms with Crippen molar-refractivity contribution in [1.29, 1.82) is 0 Å². The SMILES string of the molecule is CC(C)(C)OC=O.CN(C)Cc1cc(-c2cccc(O)c2)n(S(=O)(=O)c2cc3ccccc3o2)c1. The molecular weight excluding hydrogens is 468 g/mol. The smallest absolute Gasteiger partial charge is 0.301 e. The number of para-hydroxylation sites is 1. The van der Waals surface area contributed by atoms with Gasteiger partial charge in [-0.05, 0) is 64.7 Å². The van der Waals surface area contributed by atoms with Crippen molar-refractivity contribution in [3.8, 4) is 17.0 Å². The number of phenolic OH excluding ortho intramolecular Hbond substituents is 1. The molecule has 35 heavy (non-hydrogen) atoms. The number of rotatable bonds is 6. The summed E-state index contributed by atoms with van der Waals surface area (Å²) in [5, 5.41) is 10.4. The molecule has 8 nitrogen and oxygen atoms in total. The van der Waals surface area contributed by atoms with E-state index in [1.807, 2.05) is 51.9 Å². The van der Waals surface area contributed by atoms with Crippen LogP contribution in [0.3, 0.4) is 0 Å². The average Bonchev–Trinajstić information content (AvgIpc) is 3.38. The molecule has 0 bridgehead atoms. The van der Waals surface area contributed by atoms with Crippen LogP contribution in [0.2, 0.25) is 0 Å². The van der Waals surface area contributed by atoms with E-state index in [9.17, 15) is 18.3 Å². The molecule has 2 heterocycles. The lowest BCUT2D eigenvalue weighted by Crippen LogP contribution is -2.17. The minimum Gasteiger partial charge on any atom is -0.508 e. The number of benzene rings is 2. The minimum atomic E-state index is -3.96. The third-order valence-electron chi connectivity index (χ3n) is 4.80. The van der Waals surface area contributed by atoms with Gasteiger partial charge in [-0.2, -0.15) is 8.42 Å². The monoisotopic (exact) mass is 498 g/mol. The number of ether oxygens (including phenoxy) is 1. The molecule has 0 saturated carbocycles. The van der Waals surface area contributed by atoms with Gasteiger partial charge >= 0.3 is 10.0 Å². The molecule has 4 aromatic rings. The Bertz CT molecular complexity index is 1380. The Kier molecular flexibility index (Phi) is 7.72. The fourth-order valence-corrected chi connectivity index (χ4v) is 4.70. The number of hydrogen-bond acceptors (Lipinski definition) is 7. The molecule has 0 unspecified atom stereocenters. The van der Waals surface area contributed by atoms with Crippen LogP contribution in [0, 0.1) is 0 Å². The van der Waals surface area contributed by atoms with Gasteiger partial charge in [0.1, 0.15) is 16.9 Å². The van der Waals surface area contributed by atoms with Gasteiger partial charge in [-0.3, -0.25) is 4.79 Å². The van der Waals surface area contributed by atoms with Crippen LogP contribution < -0.4 is 0 Å². The largest absolute Gasteiger partial charge is 0.508 e. The summed E-state index contributed by atoms with van der Waals surface area (Å²) in [7, 11) is -0.126. The summed E-state index contributed by atoms with van der Waals surface area (Å²) < 4.78 is 38.1. The summed E-state index contributed by atoms with van der Waals surface area (Å²) >= 11 is 0. The van der Waals surface area contributed by atoms with Gasteiger partial charge in [0, 0.05) is 29.8 Å². The molecule has 0 aliphatic carbocycles. The molecule has 0 amide bonds. The van der Waals surface area contributed by atoms with Gasteiger partial charge in [0.15, 0.2) is 0 Å². The zero-order valence-electron chi connectivity index (χ0n) is 20.4.